The van der Waals surface area contributed by atoms with Crippen LogP contribution in [-0.2, 0) is 13.5 Å². The highest BCUT2D eigenvalue weighted by Crippen LogP contribution is 2.24. The smallest absolute Gasteiger partial charge is 0.119 e. The molecule has 1 N–H and O–H groups in total. The fourth-order valence-corrected chi connectivity index (χ4v) is 2.11. The van der Waals surface area contributed by atoms with Crippen molar-refractivity contribution in [3.63, 3.8) is 0 Å². The van der Waals surface area contributed by atoms with Crippen LogP contribution in [0.5, 0.6) is 5.75 Å². The third-order valence-corrected chi connectivity index (χ3v) is 3.11. The second kappa shape index (κ2) is 6.38. The second-order valence-corrected chi connectivity index (χ2v) is 4.46. The van der Waals surface area contributed by atoms with E-state index in [4.69, 9.17) is 4.74 Å². The maximum atomic E-state index is 5.46. The van der Waals surface area contributed by atoms with Crippen LogP contribution < -0.4 is 10.1 Å². The highest BCUT2D eigenvalue weighted by Gasteiger charge is 2.10. The quantitative estimate of drug-likeness (QED) is 0.865. The molecule has 0 unspecified atom stereocenters. The van der Waals surface area contributed by atoms with Crippen molar-refractivity contribution in [2.45, 2.75) is 13.3 Å². The molecule has 4 heteroatoms. The van der Waals surface area contributed by atoms with Gasteiger partial charge in [-0.2, -0.15) is 0 Å². The summed E-state index contributed by atoms with van der Waals surface area (Å²) in [5.74, 6) is 0.902. The minimum absolute atomic E-state index is 0.691. The first-order valence-electron chi connectivity index (χ1n) is 6.64. The van der Waals surface area contributed by atoms with E-state index in [2.05, 4.69) is 27.0 Å². The van der Waals surface area contributed by atoms with E-state index in [1.807, 2.05) is 39.5 Å². The Bertz CT molecular complexity index is 517. The van der Waals surface area contributed by atoms with E-state index in [9.17, 15) is 0 Å². The van der Waals surface area contributed by atoms with Gasteiger partial charge in [0.05, 0.1) is 18.6 Å². The Morgan fingerprint density at radius 3 is 2.63 bits per heavy atom. The number of likely N-dealkylation sites (N-methyl/N-ethyl adjacent to an activating group) is 1. The summed E-state index contributed by atoms with van der Waals surface area (Å²) in [5, 5.41) is 3.18. The molecule has 0 spiro atoms. The summed E-state index contributed by atoms with van der Waals surface area (Å²) in [4.78, 5) is 4.51. The minimum Gasteiger partial charge on any atom is -0.494 e. The van der Waals surface area contributed by atoms with Crippen LogP contribution in [0.3, 0.4) is 0 Å². The normalized spacial score (nSPS) is 10.7. The van der Waals surface area contributed by atoms with Gasteiger partial charge in [0.1, 0.15) is 5.75 Å². The van der Waals surface area contributed by atoms with Crippen molar-refractivity contribution in [3.8, 4) is 17.0 Å². The zero-order valence-electron chi connectivity index (χ0n) is 11.8. The average molecular weight is 259 g/mol. The Kier molecular flexibility index (Phi) is 4.58. The number of ether oxygens (including phenoxy) is 1. The fourth-order valence-electron chi connectivity index (χ4n) is 2.11. The molecule has 0 bridgehead atoms. The standard InChI is InChI=1S/C15H21N3O/c1-4-19-13-7-5-12(6-8-13)15-14(9-10-16-2)18(3)11-17-15/h5-8,11,16H,4,9-10H2,1-3H3. The Balaban J connectivity index is 2.25. The number of aromatic nitrogens is 2. The molecule has 1 aromatic heterocycles. The van der Waals surface area contributed by atoms with Crippen LogP contribution in [0.1, 0.15) is 12.6 Å². The molecule has 19 heavy (non-hydrogen) atoms. The number of rotatable bonds is 6. The third kappa shape index (κ3) is 3.15. The molecule has 0 atom stereocenters. The van der Waals surface area contributed by atoms with E-state index >= 15 is 0 Å². The van der Waals surface area contributed by atoms with E-state index in [0.717, 1.165) is 30.0 Å². The summed E-state index contributed by atoms with van der Waals surface area (Å²) in [7, 11) is 4.00. The summed E-state index contributed by atoms with van der Waals surface area (Å²) in [6.45, 7) is 3.63. The lowest BCUT2D eigenvalue weighted by molar-refractivity contribution is 0.340. The van der Waals surface area contributed by atoms with Crippen LogP contribution in [0.2, 0.25) is 0 Å². The van der Waals surface area contributed by atoms with Crippen molar-refractivity contribution < 1.29 is 4.74 Å². The monoisotopic (exact) mass is 259 g/mol. The number of aryl methyl sites for hydroxylation is 1. The van der Waals surface area contributed by atoms with E-state index in [1.54, 1.807) is 0 Å². The van der Waals surface area contributed by atoms with Crippen molar-refractivity contribution in [1.29, 1.82) is 0 Å². The molecule has 2 aromatic rings. The molecule has 1 aromatic carbocycles. The van der Waals surface area contributed by atoms with Crippen molar-refractivity contribution in [1.82, 2.24) is 14.9 Å². The molecular weight excluding hydrogens is 238 g/mol. The molecule has 0 amide bonds. The second-order valence-electron chi connectivity index (χ2n) is 4.46. The van der Waals surface area contributed by atoms with Gasteiger partial charge in [-0.1, -0.05) is 0 Å². The molecule has 1 heterocycles. The number of nitrogens with one attached hydrogen (secondary N) is 1. The summed E-state index contributed by atoms with van der Waals surface area (Å²) < 4.78 is 7.55. The van der Waals surface area contributed by atoms with Gasteiger partial charge in [0, 0.05) is 31.3 Å². The number of nitrogens with zero attached hydrogens (tertiary/aromatic N) is 2. The van der Waals surface area contributed by atoms with Crippen LogP contribution in [0.15, 0.2) is 30.6 Å². The van der Waals surface area contributed by atoms with Gasteiger partial charge in [0.2, 0.25) is 0 Å². The largest absolute Gasteiger partial charge is 0.494 e. The van der Waals surface area contributed by atoms with Crippen LogP contribution >= 0.6 is 0 Å². The Morgan fingerprint density at radius 1 is 1.26 bits per heavy atom. The van der Waals surface area contributed by atoms with Crippen molar-refractivity contribution >= 4 is 0 Å². The van der Waals surface area contributed by atoms with E-state index in [1.165, 1.54) is 5.69 Å². The minimum atomic E-state index is 0.691. The molecule has 2 rings (SSSR count). The summed E-state index contributed by atoms with van der Waals surface area (Å²) >= 11 is 0. The predicted octanol–water partition coefficient (Wildman–Crippen LogP) is 2.25. The van der Waals surface area contributed by atoms with Crippen LogP contribution in [0, 0.1) is 0 Å². The predicted molar refractivity (Wildman–Crippen MR) is 77.4 cm³/mol. The van der Waals surface area contributed by atoms with E-state index < -0.39 is 0 Å². The average Bonchev–Trinajstić information content (AvgIpc) is 2.79. The first-order chi connectivity index (χ1) is 9.26. The Labute approximate surface area is 114 Å². The number of hydrogen-bond acceptors (Lipinski definition) is 3. The van der Waals surface area contributed by atoms with Gasteiger partial charge >= 0.3 is 0 Å². The molecule has 0 radical (unpaired) electrons. The van der Waals surface area contributed by atoms with Gasteiger partial charge in [-0.3, -0.25) is 0 Å². The SMILES string of the molecule is CCOc1ccc(-c2ncn(C)c2CCNC)cc1. The molecule has 0 aliphatic rings. The Morgan fingerprint density at radius 2 is 2.00 bits per heavy atom. The Hall–Kier alpha value is -1.81. The van der Waals surface area contributed by atoms with E-state index in [0.29, 0.717) is 6.61 Å². The number of imidazole rings is 1. The molecule has 102 valence electrons. The molecule has 0 aliphatic heterocycles. The van der Waals surface area contributed by atoms with Crippen molar-refractivity contribution in [2.75, 3.05) is 20.2 Å². The zero-order valence-corrected chi connectivity index (χ0v) is 11.8. The van der Waals surface area contributed by atoms with Crippen molar-refractivity contribution in [2.24, 2.45) is 7.05 Å². The highest BCUT2D eigenvalue weighted by molar-refractivity contribution is 5.62. The molecule has 0 fully saturated rings. The van der Waals surface area contributed by atoms with E-state index in [-0.39, 0.29) is 0 Å². The first-order valence-corrected chi connectivity index (χ1v) is 6.64. The van der Waals surface area contributed by atoms with Gasteiger partial charge in [0.15, 0.2) is 0 Å². The number of hydrogen-bond donors (Lipinski definition) is 1. The lowest BCUT2D eigenvalue weighted by Gasteiger charge is -2.07. The molecule has 0 saturated carbocycles. The van der Waals surface area contributed by atoms with Crippen LogP contribution in [-0.4, -0.2) is 29.8 Å². The molecular formula is C15H21N3O. The van der Waals surface area contributed by atoms with Crippen molar-refractivity contribution in [3.05, 3.63) is 36.3 Å². The molecule has 0 aliphatic carbocycles. The van der Waals surface area contributed by atoms with Gasteiger partial charge in [0.25, 0.3) is 0 Å². The molecule has 0 saturated heterocycles. The zero-order chi connectivity index (χ0) is 13.7. The first kappa shape index (κ1) is 13.6. The fraction of sp³-hybridized carbons (Fsp3) is 0.400. The van der Waals surface area contributed by atoms with Gasteiger partial charge in [-0.05, 0) is 38.2 Å². The van der Waals surface area contributed by atoms with Crippen LogP contribution in [0.4, 0.5) is 0 Å². The summed E-state index contributed by atoms with van der Waals surface area (Å²) in [5.41, 5.74) is 3.44. The van der Waals surface area contributed by atoms with Gasteiger partial charge < -0.3 is 14.6 Å². The molecule has 4 nitrogen and oxygen atoms in total. The highest BCUT2D eigenvalue weighted by atomic mass is 16.5. The van der Waals surface area contributed by atoms with Gasteiger partial charge in [-0.15, -0.1) is 0 Å². The third-order valence-electron chi connectivity index (χ3n) is 3.11. The topological polar surface area (TPSA) is 39.1 Å². The summed E-state index contributed by atoms with van der Waals surface area (Å²) in [6, 6.07) is 8.12. The number of benzene rings is 1. The van der Waals surface area contributed by atoms with Gasteiger partial charge in [-0.25, -0.2) is 4.98 Å². The van der Waals surface area contributed by atoms with Crippen LogP contribution in [0.25, 0.3) is 11.3 Å². The lowest BCUT2D eigenvalue weighted by atomic mass is 10.1. The maximum absolute atomic E-state index is 5.46. The maximum Gasteiger partial charge on any atom is 0.119 e. The lowest BCUT2D eigenvalue weighted by Crippen LogP contribution is -2.12. The summed E-state index contributed by atoms with van der Waals surface area (Å²) in [6.07, 6.45) is 2.84.